The molecule has 6 nitrogen and oxygen atoms in total. The van der Waals surface area contributed by atoms with Crippen molar-refractivity contribution in [2.45, 2.75) is 12.8 Å². The van der Waals surface area contributed by atoms with Gasteiger partial charge in [0.15, 0.2) is 0 Å². The first-order chi connectivity index (χ1) is 9.20. The smallest absolute Gasteiger partial charge is 0.248 e. The second-order valence-corrected chi connectivity index (χ2v) is 5.27. The van der Waals surface area contributed by atoms with Gasteiger partial charge in [-0.25, -0.2) is 0 Å². The highest BCUT2D eigenvalue weighted by atomic mass is 16.5. The maximum Gasteiger partial charge on any atom is 0.248 e. The molecule has 0 aromatic carbocycles. The zero-order chi connectivity index (χ0) is 13.7. The van der Waals surface area contributed by atoms with E-state index in [0.29, 0.717) is 32.7 Å². The summed E-state index contributed by atoms with van der Waals surface area (Å²) in [5.74, 6) is 0.928. The lowest BCUT2D eigenvalue weighted by Crippen LogP contribution is -2.53. The summed E-state index contributed by atoms with van der Waals surface area (Å²) >= 11 is 0. The summed E-state index contributed by atoms with van der Waals surface area (Å²) in [7, 11) is 1.52. The molecule has 0 bridgehead atoms. The highest BCUT2D eigenvalue weighted by Crippen LogP contribution is 2.27. The highest BCUT2D eigenvalue weighted by molar-refractivity contribution is 5.80. The first-order valence-corrected chi connectivity index (χ1v) is 6.96. The van der Waals surface area contributed by atoms with Crippen molar-refractivity contribution in [1.29, 1.82) is 0 Å². The van der Waals surface area contributed by atoms with Crippen LogP contribution in [0.5, 0.6) is 0 Å². The van der Waals surface area contributed by atoms with Crippen LogP contribution in [-0.2, 0) is 14.3 Å². The van der Waals surface area contributed by atoms with Crippen LogP contribution in [-0.4, -0.2) is 74.6 Å². The van der Waals surface area contributed by atoms with Gasteiger partial charge >= 0.3 is 0 Å². The zero-order valence-electron chi connectivity index (χ0n) is 11.6. The van der Waals surface area contributed by atoms with E-state index in [-0.39, 0.29) is 18.4 Å². The number of carbonyl (C=O) groups excluding carboxylic acids is 2. The average molecular weight is 269 g/mol. The fourth-order valence-electron chi connectivity index (χ4n) is 2.24. The Morgan fingerprint density at radius 3 is 2.21 bits per heavy atom. The predicted octanol–water partition coefficient (Wildman–Crippen LogP) is -0.697. The zero-order valence-corrected chi connectivity index (χ0v) is 11.6. The van der Waals surface area contributed by atoms with Crippen LogP contribution in [0.25, 0.3) is 0 Å². The number of ether oxygens (including phenoxy) is 1. The molecule has 1 aliphatic heterocycles. The summed E-state index contributed by atoms with van der Waals surface area (Å²) < 4.78 is 4.83. The SMILES string of the molecule is COCC(=O)N1CCN(C(=O)CNCC2CC2)CC1. The van der Waals surface area contributed by atoms with Crippen molar-refractivity contribution in [3.05, 3.63) is 0 Å². The Morgan fingerprint density at radius 1 is 1.11 bits per heavy atom. The van der Waals surface area contributed by atoms with E-state index in [0.717, 1.165) is 12.5 Å². The largest absolute Gasteiger partial charge is 0.375 e. The Bertz CT molecular complexity index is 323. The lowest BCUT2D eigenvalue weighted by molar-refractivity contribution is -0.141. The van der Waals surface area contributed by atoms with Crippen molar-refractivity contribution in [1.82, 2.24) is 15.1 Å². The molecular formula is C13H23N3O3. The van der Waals surface area contributed by atoms with E-state index in [1.807, 2.05) is 4.90 Å². The van der Waals surface area contributed by atoms with Gasteiger partial charge in [0.2, 0.25) is 11.8 Å². The van der Waals surface area contributed by atoms with E-state index in [1.165, 1.54) is 20.0 Å². The molecule has 0 unspecified atom stereocenters. The van der Waals surface area contributed by atoms with Crippen LogP contribution in [0, 0.1) is 5.92 Å². The van der Waals surface area contributed by atoms with Crippen molar-refractivity contribution in [3.63, 3.8) is 0 Å². The van der Waals surface area contributed by atoms with Crippen molar-refractivity contribution in [3.8, 4) is 0 Å². The first kappa shape index (κ1) is 14.3. The Labute approximate surface area is 114 Å². The molecule has 6 heteroatoms. The van der Waals surface area contributed by atoms with Crippen LogP contribution < -0.4 is 5.32 Å². The maximum atomic E-state index is 11.9. The minimum atomic E-state index is 0.00135. The molecule has 1 saturated heterocycles. The number of carbonyl (C=O) groups is 2. The molecule has 0 radical (unpaired) electrons. The molecule has 2 rings (SSSR count). The van der Waals surface area contributed by atoms with Gasteiger partial charge in [-0.1, -0.05) is 0 Å². The average Bonchev–Trinajstić information content (AvgIpc) is 3.23. The molecule has 1 saturated carbocycles. The van der Waals surface area contributed by atoms with Crippen LogP contribution in [0.4, 0.5) is 0 Å². The summed E-state index contributed by atoms with van der Waals surface area (Å²) in [5.41, 5.74) is 0. The van der Waals surface area contributed by atoms with Gasteiger partial charge in [-0.15, -0.1) is 0 Å². The molecule has 2 aliphatic rings. The number of nitrogens with zero attached hydrogens (tertiary/aromatic N) is 2. The van der Waals surface area contributed by atoms with Crippen LogP contribution in [0.2, 0.25) is 0 Å². The topological polar surface area (TPSA) is 61.9 Å². The molecule has 0 aromatic heterocycles. The Hall–Kier alpha value is -1.14. The number of amides is 2. The summed E-state index contributed by atoms with van der Waals surface area (Å²) in [6.07, 6.45) is 2.59. The summed E-state index contributed by atoms with van der Waals surface area (Å²) in [4.78, 5) is 27.1. The van der Waals surface area contributed by atoms with Crippen molar-refractivity contribution >= 4 is 11.8 Å². The van der Waals surface area contributed by atoms with Gasteiger partial charge in [0.25, 0.3) is 0 Å². The quantitative estimate of drug-likeness (QED) is 0.693. The molecule has 108 valence electrons. The predicted molar refractivity (Wildman–Crippen MR) is 70.6 cm³/mol. The van der Waals surface area contributed by atoms with Gasteiger partial charge in [0.1, 0.15) is 6.61 Å². The number of hydrogen-bond acceptors (Lipinski definition) is 4. The molecule has 19 heavy (non-hydrogen) atoms. The van der Waals surface area contributed by atoms with Crippen LogP contribution in [0.1, 0.15) is 12.8 Å². The van der Waals surface area contributed by atoms with Gasteiger partial charge < -0.3 is 19.9 Å². The summed E-state index contributed by atoms with van der Waals surface area (Å²) in [5, 5.41) is 3.21. The molecule has 2 fully saturated rings. The van der Waals surface area contributed by atoms with Crippen molar-refractivity contribution in [2.75, 3.05) is 53.0 Å². The molecule has 1 N–H and O–H groups in total. The van der Waals surface area contributed by atoms with E-state index in [4.69, 9.17) is 4.74 Å². The Kier molecular flexibility index (Phi) is 5.15. The van der Waals surface area contributed by atoms with Crippen molar-refractivity contribution in [2.24, 2.45) is 5.92 Å². The van der Waals surface area contributed by atoms with E-state index < -0.39 is 0 Å². The number of methoxy groups -OCH3 is 1. The van der Waals surface area contributed by atoms with E-state index in [9.17, 15) is 9.59 Å². The normalized spacial score (nSPS) is 19.6. The monoisotopic (exact) mass is 269 g/mol. The molecule has 2 amide bonds. The minimum Gasteiger partial charge on any atom is -0.375 e. The van der Waals surface area contributed by atoms with Crippen LogP contribution in [0.15, 0.2) is 0 Å². The maximum absolute atomic E-state index is 11.9. The molecule has 0 atom stereocenters. The highest BCUT2D eigenvalue weighted by Gasteiger charge is 2.24. The minimum absolute atomic E-state index is 0.00135. The number of rotatable bonds is 6. The molecule has 1 heterocycles. The fourth-order valence-corrected chi connectivity index (χ4v) is 2.24. The molecule has 1 aliphatic carbocycles. The van der Waals surface area contributed by atoms with Gasteiger partial charge in [-0.3, -0.25) is 9.59 Å². The molecule has 0 aromatic rings. The second-order valence-electron chi connectivity index (χ2n) is 5.27. The first-order valence-electron chi connectivity index (χ1n) is 6.96. The summed E-state index contributed by atoms with van der Waals surface area (Å²) in [6, 6.07) is 0. The Morgan fingerprint density at radius 2 is 1.68 bits per heavy atom. The van der Waals surface area contributed by atoms with Crippen molar-refractivity contribution < 1.29 is 14.3 Å². The third-order valence-electron chi connectivity index (χ3n) is 3.66. The third-order valence-corrected chi connectivity index (χ3v) is 3.66. The van der Waals surface area contributed by atoms with Gasteiger partial charge in [0, 0.05) is 33.3 Å². The van der Waals surface area contributed by atoms with E-state index >= 15 is 0 Å². The second kappa shape index (κ2) is 6.86. The van der Waals surface area contributed by atoms with Crippen LogP contribution >= 0.6 is 0 Å². The lowest BCUT2D eigenvalue weighted by Gasteiger charge is -2.34. The molecule has 0 spiro atoms. The van der Waals surface area contributed by atoms with Crippen LogP contribution in [0.3, 0.4) is 0 Å². The number of piperazine rings is 1. The number of nitrogens with one attached hydrogen (secondary N) is 1. The number of hydrogen-bond donors (Lipinski definition) is 1. The van der Waals surface area contributed by atoms with E-state index in [2.05, 4.69) is 5.32 Å². The standard InChI is InChI=1S/C13H23N3O3/c1-19-10-13(18)16-6-4-15(5-7-16)12(17)9-14-8-11-2-3-11/h11,14H,2-10H2,1H3. The lowest BCUT2D eigenvalue weighted by atomic mass is 10.3. The Balaban J connectivity index is 1.63. The molecular weight excluding hydrogens is 246 g/mol. The summed E-state index contributed by atoms with van der Waals surface area (Å²) in [6.45, 7) is 3.96. The van der Waals surface area contributed by atoms with Gasteiger partial charge in [0.05, 0.1) is 6.54 Å². The van der Waals surface area contributed by atoms with Gasteiger partial charge in [-0.2, -0.15) is 0 Å². The fraction of sp³-hybridized carbons (Fsp3) is 0.846. The van der Waals surface area contributed by atoms with Gasteiger partial charge in [-0.05, 0) is 25.3 Å². The van der Waals surface area contributed by atoms with E-state index in [1.54, 1.807) is 4.90 Å². The third kappa shape index (κ3) is 4.47.